The molecule has 1 aliphatic rings. The fraction of sp³-hybridized carbons (Fsp3) is 0.636. The molecule has 0 amide bonds. The second-order valence-corrected chi connectivity index (χ2v) is 54.4. The van der Waals surface area contributed by atoms with Crippen LogP contribution in [0.3, 0.4) is 0 Å². The molecule has 102 heavy (non-hydrogen) atoms. The van der Waals surface area contributed by atoms with E-state index in [4.69, 9.17) is 24.7 Å². The molecule has 0 atom stereocenters. The molecule has 0 unspecified atom stereocenters. The van der Waals surface area contributed by atoms with Crippen molar-refractivity contribution in [2.45, 2.75) is 345 Å². The topological polar surface area (TPSA) is 60.8 Å². The molecular formula is C88H130N4OS8Sn. The van der Waals surface area contributed by atoms with Crippen LogP contribution in [0, 0.1) is 6.92 Å². The number of thiophene rings is 4. The predicted molar refractivity (Wildman–Crippen MR) is 469 cm³/mol. The van der Waals surface area contributed by atoms with E-state index in [1.165, 1.54) is 375 Å². The zero-order chi connectivity index (χ0) is 71.4. The van der Waals surface area contributed by atoms with Gasteiger partial charge in [0.05, 0.1) is 30.2 Å². The van der Waals surface area contributed by atoms with E-state index >= 15 is 0 Å². The quantitative estimate of drug-likeness (QED) is 0.0281. The summed E-state index contributed by atoms with van der Waals surface area (Å²) in [6.45, 7) is 13.5. The van der Waals surface area contributed by atoms with Crippen LogP contribution >= 0.6 is 90.7 Å². The summed E-state index contributed by atoms with van der Waals surface area (Å²) in [5.74, 6) is 0. The minimum Gasteiger partial charge on any atom is -0.235 e. The van der Waals surface area contributed by atoms with Gasteiger partial charge < -0.3 is 4.74 Å². The molecule has 1 fully saturated rings. The van der Waals surface area contributed by atoms with Crippen LogP contribution in [-0.4, -0.2) is 51.5 Å². The van der Waals surface area contributed by atoms with Crippen molar-refractivity contribution >= 4 is 153 Å². The van der Waals surface area contributed by atoms with E-state index in [0.717, 1.165) is 35.3 Å². The molecule has 1 saturated heterocycles. The second kappa shape index (κ2) is 47.5. The first-order chi connectivity index (χ1) is 50.0. The first kappa shape index (κ1) is 83.6. The van der Waals surface area contributed by atoms with Gasteiger partial charge in [-0.05, 0) is 111 Å². The Balaban J connectivity index is 0.000000223. The molecule has 0 N–H and O–H groups in total. The number of fused-ring (bicyclic) bond motifs is 4. The summed E-state index contributed by atoms with van der Waals surface area (Å²) < 4.78 is 11.7. The molecule has 2 aromatic carbocycles. The zero-order valence-electron chi connectivity index (χ0n) is 64.7. The third kappa shape index (κ3) is 27.9. The minimum atomic E-state index is -2.19. The van der Waals surface area contributed by atoms with Gasteiger partial charge >= 0.3 is 219 Å². The summed E-state index contributed by atoms with van der Waals surface area (Å²) in [6.07, 6.45) is 62.8. The maximum absolute atomic E-state index is 5.32. The third-order valence-corrected chi connectivity index (χ3v) is 38.9. The number of hydrogen-bond donors (Lipinski definition) is 0. The molecule has 10 aromatic rings. The van der Waals surface area contributed by atoms with Crippen LogP contribution in [0.4, 0.5) is 0 Å². The molecule has 14 heteroatoms. The average molecular weight is 1640 g/mol. The molecule has 11 rings (SSSR count). The summed E-state index contributed by atoms with van der Waals surface area (Å²) in [5, 5.41) is 9.30. The van der Waals surface area contributed by atoms with Crippen LogP contribution in [0.15, 0.2) is 59.3 Å². The first-order valence-electron chi connectivity index (χ1n) is 41.4. The van der Waals surface area contributed by atoms with Crippen molar-refractivity contribution in [2.24, 2.45) is 0 Å². The maximum atomic E-state index is 5.32. The van der Waals surface area contributed by atoms with Gasteiger partial charge in [0.2, 0.25) is 0 Å². The van der Waals surface area contributed by atoms with Crippen molar-refractivity contribution < 1.29 is 4.74 Å². The molecule has 8 aromatic heterocycles. The summed E-state index contributed by atoms with van der Waals surface area (Å²) in [7, 11) is 0. The molecule has 0 spiro atoms. The van der Waals surface area contributed by atoms with Gasteiger partial charge in [-0.3, -0.25) is 0 Å². The van der Waals surface area contributed by atoms with E-state index in [2.05, 4.69) is 120 Å². The number of nitrogens with zero attached hydrogens (tertiary/aromatic N) is 4. The second-order valence-electron chi connectivity index (χ2n) is 30.7. The smallest absolute Gasteiger partial charge is 0.134 e. The molecule has 1 aliphatic heterocycles. The van der Waals surface area contributed by atoms with Crippen LogP contribution in [0.1, 0.15) is 325 Å². The minimum absolute atomic E-state index is 1.00. The number of hydrogen-bond acceptors (Lipinski definition) is 13. The fourth-order valence-electron chi connectivity index (χ4n) is 14.3. The standard InChI is InChI=1S/C41H57N2S4.C40H56N2S4.C4H8O.3CH3.Sn/c1-4-6-8-10-12-14-16-18-20-22-24-32-26-27-44-38(32)40-42-34-29-37-35(30-36(34)46-40)43-41(47-37)39-33(28-31(3)45-39)25-23-21-19-17-15-13-11-9-7-5-2;1-3-5-7-9-11-13-15-17-19-21-23-31-25-27-43-37(31)39-41-33-29-36-34(30-35(33)45-39)42-40(46-36)38-32(26-28-44-38)24-22-20-18-16-14-12-10-8-6-4-2;1-2-4-5-3-1;;;;/h26,28-30H,4-25H2,1-3H3;25-30H,3-24H2,1-2H3;1-4H2;3*1H3;. The van der Waals surface area contributed by atoms with E-state index in [9.17, 15) is 0 Å². The van der Waals surface area contributed by atoms with Crippen LogP contribution in [0.5, 0.6) is 0 Å². The molecule has 560 valence electrons. The molecule has 0 radical (unpaired) electrons. The Hall–Kier alpha value is -2.44. The van der Waals surface area contributed by atoms with Gasteiger partial charge in [0.1, 0.15) is 10.0 Å². The molecule has 9 heterocycles. The Bertz CT molecular complexity index is 3670. The number of unbranched alkanes of at least 4 members (excludes halogenated alkanes) is 36. The number of ether oxygens (including phenoxy) is 1. The van der Waals surface area contributed by atoms with Crippen LogP contribution in [0.25, 0.3) is 80.4 Å². The number of benzene rings is 2. The van der Waals surface area contributed by atoms with E-state index in [0.29, 0.717) is 0 Å². The maximum Gasteiger partial charge on any atom is 0.134 e. The number of aromatic nitrogens is 4. The van der Waals surface area contributed by atoms with E-state index < -0.39 is 18.4 Å². The van der Waals surface area contributed by atoms with Crippen LogP contribution in [-0.2, 0) is 30.4 Å². The number of thiazole rings is 4. The van der Waals surface area contributed by atoms with Crippen molar-refractivity contribution in [2.75, 3.05) is 13.2 Å². The number of aryl methyl sites for hydroxylation is 5. The van der Waals surface area contributed by atoms with Gasteiger partial charge in [-0.15, -0.1) is 45.3 Å². The van der Waals surface area contributed by atoms with Gasteiger partial charge in [-0.2, -0.15) is 0 Å². The molecule has 5 nitrogen and oxygen atoms in total. The summed E-state index contributed by atoms with van der Waals surface area (Å²) in [4.78, 5) is 35.6. The fourth-order valence-corrected chi connectivity index (χ4v) is 28.2. The summed E-state index contributed by atoms with van der Waals surface area (Å²) in [5.41, 5.74) is 10.6. The first-order valence-corrected chi connectivity index (χ1v) is 58.0. The molecular weight excluding hydrogens is 1500 g/mol. The van der Waals surface area contributed by atoms with E-state index in [1.54, 1.807) is 8.46 Å². The van der Waals surface area contributed by atoms with Gasteiger partial charge in [-0.1, -0.05) is 214 Å². The van der Waals surface area contributed by atoms with Gasteiger partial charge in [-0.25, -0.2) is 9.97 Å². The van der Waals surface area contributed by atoms with Crippen molar-refractivity contribution in [1.29, 1.82) is 0 Å². The Morgan fingerprint density at radius 2 is 0.588 bits per heavy atom. The largest absolute Gasteiger partial charge is 0.235 e. The van der Waals surface area contributed by atoms with Gasteiger partial charge in [0, 0.05) is 18.1 Å². The Morgan fingerprint density at radius 1 is 0.314 bits per heavy atom. The Kier molecular flexibility index (Phi) is 38.9. The SMILES string of the molecule is C1CCOC1.CCCCCCCCCCCCc1cc(C)sc1-c1nc2cc3sc(-c4s[c]([Sn]([CH3])([CH3])[CH3])cc4CCCCCCCCCCCC)nc3cc2s1.CCCCCCCCCCCCc1ccsc1-c1nc2cc3sc(-c4sccc4CCCCCCCCCCCC)nc3cc2s1. The summed E-state index contributed by atoms with van der Waals surface area (Å²) in [6, 6.07) is 18.9. The average Bonchev–Trinajstić information content (AvgIpc) is 1.62. The predicted octanol–water partition coefficient (Wildman–Crippen LogP) is 32.2. The Labute approximate surface area is 655 Å². The van der Waals surface area contributed by atoms with Crippen LogP contribution < -0.4 is 2.89 Å². The zero-order valence-corrected chi connectivity index (χ0v) is 74.1. The van der Waals surface area contributed by atoms with Crippen LogP contribution in [0.2, 0.25) is 14.8 Å². The Morgan fingerprint density at radius 3 is 0.882 bits per heavy atom. The molecule has 0 aliphatic carbocycles. The van der Waals surface area contributed by atoms with Crippen molar-refractivity contribution in [3.8, 4) is 39.5 Å². The number of rotatable bonds is 49. The van der Waals surface area contributed by atoms with Crippen molar-refractivity contribution in [3.63, 3.8) is 0 Å². The van der Waals surface area contributed by atoms with Crippen molar-refractivity contribution in [1.82, 2.24) is 19.9 Å². The van der Waals surface area contributed by atoms with E-state index in [-0.39, 0.29) is 0 Å². The molecule has 0 saturated carbocycles. The van der Waals surface area contributed by atoms with E-state index in [1.807, 2.05) is 79.4 Å². The summed E-state index contributed by atoms with van der Waals surface area (Å²) >= 11 is 13.0. The monoisotopic (exact) mass is 1630 g/mol. The van der Waals surface area contributed by atoms with Crippen molar-refractivity contribution in [3.05, 3.63) is 86.4 Å². The normalized spacial score (nSPS) is 12.7. The molecule has 0 bridgehead atoms. The van der Waals surface area contributed by atoms with Gasteiger partial charge in [0.25, 0.3) is 0 Å². The van der Waals surface area contributed by atoms with Gasteiger partial charge in [0.15, 0.2) is 0 Å². The third-order valence-electron chi connectivity index (χ3n) is 20.6.